The smallest absolute Gasteiger partial charge is 0.263 e. The van der Waals surface area contributed by atoms with E-state index >= 15 is 0 Å². The number of halogens is 1. The second-order valence-electron chi connectivity index (χ2n) is 4.67. The van der Waals surface area contributed by atoms with Gasteiger partial charge in [-0.2, -0.15) is 10.4 Å². The number of hydrogen-bond acceptors (Lipinski definition) is 4. The Morgan fingerprint density at radius 3 is 2.71 bits per heavy atom. The molecule has 2 rings (SSSR count). The van der Waals surface area contributed by atoms with Crippen molar-refractivity contribution in [2.45, 2.75) is 24.8 Å². The van der Waals surface area contributed by atoms with Crippen molar-refractivity contribution in [3.63, 3.8) is 0 Å². The van der Waals surface area contributed by atoms with E-state index in [1.807, 2.05) is 19.9 Å². The van der Waals surface area contributed by atoms with Crippen LogP contribution < -0.4 is 4.72 Å². The van der Waals surface area contributed by atoms with Crippen LogP contribution in [0.4, 0.5) is 5.69 Å². The maximum atomic E-state index is 12.3. The highest BCUT2D eigenvalue weighted by Crippen LogP contribution is 2.25. The van der Waals surface area contributed by atoms with Crippen LogP contribution in [0.25, 0.3) is 0 Å². The van der Waals surface area contributed by atoms with Gasteiger partial charge in [-0.3, -0.25) is 9.40 Å². The molecule has 8 heteroatoms. The molecule has 0 aliphatic rings. The Bertz CT molecular complexity index is 806. The summed E-state index contributed by atoms with van der Waals surface area (Å²) in [6.07, 6.45) is 3.00. The first-order chi connectivity index (χ1) is 9.83. The zero-order chi connectivity index (χ0) is 15.6. The van der Waals surface area contributed by atoms with Crippen LogP contribution >= 0.6 is 11.6 Å². The van der Waals surface area contributed by atoms with Crippen molar-refractivity contribution in [2.24, 2.45) is 0 Å². The van der Waals surface area contributed by atoms with Crippen LogP contribution in [0.1, 0.15) is 25.5 Å². The number of rotatable bonds is 4. The molecule has 0 radical (unpaired) electrons. The van der Waals surface area contributed by atoms with Crippen molar-refractivity contribution in [3.8, 4) is 6.07 Å². The first-order valence-electron chi connectivity index (χ1n) is 6.10. The maximum Gasteiger partial charge on any atom is 0.263 e. The molecule has 0 bridgehead atoms. The van der Waals surface area contributed by atoms with Crippen molar-refractivity contribution in [3.05, 3.63) is 41.2 Å². The normalized spacial score (nSPS) is 11.4. The molecule has 110 valence electrons. The molecule has 1 aromatic carbocycles. The SMILES string of the molecule is CC(C)n1cc(NS(=O)(=O)c2cc(C#N)ccc2Cl)cn1. The lowest BCUT2D eigenvalue weighted by Gasteiger charge is -2.08. The summed E-state index contributed by atoms with van der Waals surface area (Å²) in [6.45, 7) is 3.86. The number of sulfonamides is 1. The van der Waals surface area contributed by atoms with Crippen LogP contribution in [0.5, 0.6) is 0 Å². The highest BCUT2D eigenvalue weighted by Gasteiger charge is 2.19. The standard InChI is InChI=1S/C13H13ClN4O2S/c1-9(2)18-8-11(7-16-18)17-21(19,20)13-5-10(6-15)3-4-12(13)14/h3-5,7-9,17H,1-2H3. The predicted octanol–water partition coefficient (Wildman–Crippen LogP) is 2.79. The summed E-state index contributed by atoms with van der Waals surface area (Å²) in [5.74, 6) is 0. The van der Waals surface area contributed by atoms with Gasteiger partial charge >= 0.3 is 0 Å². The Kier molecular flexibility index (Phi) is 4.21. The number of nitriles is 1. The lowest BCUT2D eigenvalue weighted by Crippen LogP contribution is -2.13. The van der Waals surface area contributed by atoms with Gasteiger partial charge in [-0.15, -0.1) is 0 Å². The molecule has 0 amide bonds. The summed E-state index contributed by atoms with van der Waals surface area (Å²) in [7, 11) is -3.88. The van der Waals surface area contributed by atoms with Gasteiger partial charge in [0.05, 0.1) is 28.5 Å². The molecular formula is C13H13ClN4O2S. The largest absolute Gasteiger partial charge is 0.276 e. The molecule has 21 heavy (non-hydrogen) atoms. The van der Waals surface area contributed by atoms with Crippen LogP contribution in [0.2, 0.25) is 5.02 Å². The van der Waals surface area contributed by atoms with Crippen LogP contribution in [0.3, 0.4) is 0 Å². The Hall–Kier alpha value is -2.04. The van der Waals surface area contributed by atoms with Crippen LogP contribution in [0, 0.1) is 11.3 Å². The molecule has 0 aliphatic heterocycles. The predicted molar refractivity (Wildman–Crippen MR) is 79.6 cm³/mol. The maximum absolute atomic E-state index is 12.3. The fourth-order valence-corrected chi connectivity index (χ4v) is 3.22. The fourth-order valence-electron chi connectivity index (χ4n) is 1.66. The molecule has 0 unspecified atom stereocenters. The first kappa shape index (κ1) is 15.4. The van der Waals surface area contributed by atoms with Gasteiger partial charge < -0.3 is 0 Å². The molecule has 6 nitrogen and oxygen atoms in total. The molecule has 0 spiro atoms. The number of nitrogens with one attached hydrogen (secondary N) is 1. The van der Waals surface area contributed by atoms with Gasteiger partial charge in [0.1, 0.15) is 4.90 Å². The minimum Gasteiger partial charge on any atom is -0.276 e. The van der Waals surface area contributed by atoms with Crippen molar-refractivity contribution < 1.29 is 8.42 Å². The summed E-state index contributed by atoms with van der Waals surface area (Å²) in [5, 5.41) is 13.0. The fraction of sp³-hybridized carbons (Fsp3) is 0.231. The first-order valence-corrected chi connectivity index (χ1v) is 7.96. The summed E-state index contributed by atoms with van der Waals surface area (Å²) >= 11 is 5.91. The van der Waals surface area contributed by atoms with Gasteiger partial charge in [-0.1, -0.05) is 11.6 Å². The van der Waals surface area contributed by atoms with E-state index in [1.165, 1.54) is 24.4 Å². The monoisotopic (exact) mass is 324 g/mol. The van der Waals surface area contributed by atoms with Gasteiger partial charge in [-0.25, -0.2) is 8.42 Å². The van der Waals surface area contributed by atoms with Gasteiger partial charge in [0.15, 0.2) is 0 Å². The molecule has 0 saturated carbocycles. The Morgan fingerprint density at radius 2 is 2.14 bits per heavy atom. The van der Waals surface area contributed by atoms with Crippen LogP contribution in [-0.2, 0) is 10.0 Å². The zero-order valence-electron chi connectivity index (χ0n) is 11.4. The van der Waals surface area contributed by atoms with Crippen molar-refractivity contribution in [1.82, 2.24) is 9.78 Å². The van der Waals surface area contributed by atoms with E-state index in [0.29, 0.717) is 5.69 Å². The molecule has 0 fully saturated rings. The second-order valence-corrected chi connectivity index (χ2v) is 6.72. The number of aromatic nitrogens is 2. The molecule has 2 aromatic rings. The Morgan fingerprint density at radius 1 is 1.43 bits per heavy atom. The Balaban J connectivity index is 2.36. The highest BCUT2D eigenvalue weighted by atomic mass is 35.5. The number of anilines is 1. The minimum absolute atomic E-state index is 0.0535. The van der Waals surface area contributed by atoms with Crippen molar-refractivity contribution >= 4 is 27.3 Å². The van der Waals surface area contributed by atoms with Gasteiger partial charge in [0, 0.05) is 12.2 Å². The minimum atomic E-state index is -3.88. The summed E-state index contributed by atoms with van der Waals surface area (Å²) < 4.78 is 28.7. The quantitative estimate of drug-likeness (QED) is 0.936. The molecule has 1 N–H and O–H groups in total. The molecule has 1 heterocycles. The lowest BCUT2D eigenvalue weighted by molar-refractivity contribution is 0.532. The topological polar surface area (TPSA) is 87.8 Å². The van der Waals surface area contributed by atoms with E-state index in [4.69, 9.17) is 16.9 Å². The highest BCUT2D eigenvalue weighted by molar-refractivity contribution is 7.92. The molecular weight excluding hydrogens is 312 g/mol. The average Bonchev–Trinajstić information content (AvgIpc) is 2.87. The van der Waals surface area contributed by atoms with Crippen molar-refractivity contribution in [1.29, 1.82) is 5.26 Å². The average molecular weight is 325 g/mol. The Labute approximate surface area is 128 Å². The number of benzene rings is 1. The van der Waals surface area contributed by atoms with E-state index in [0.717, 1.165) is 0 Å². The lowest BCUT2D eigenvalue weighted by atomic mass is 10.2. The summed E-state index contributed by atoms with van der Waals surface area (Å²) in [4.78, 5) is -0.138. The molecule has 1 aromatic heterocycles. The zero-order valence-corrected chi connectivity index (χ0v) is 13.0. The van der Waals surface area contributed by atoms with E-state index in [9.17, 15) is 8.42 Å². The summed E-state index contributed by atoms with van der Waals surface area (Å²) in [6, 6.07) is 6.07. The second kappa shape index (κ2) is 5.76. The van der Waals surface area contributed by atoms with E-state index < -0.39 is 10.0 Å². The molecule has 0 saturated heterocycles. The van der Waals surface area contributed by atoms with Crippen LogP contribution in [0.15, 0.2) is 35.5 Å². The number of nitrogens with zero attached hydrogens (tertiary/aromatic N) is 3. The van der Waals surface area contributed by atoms with E-state index in [1.54, 1.807) is 10.9 Å². The van der Waals surface area contributed by atoms with Gasteiger partial charge in [-0.05, 0) is 32.0 Å². The third-order valence-corrected chi connectivity index (χ3v) is 4.60. The molecule has 0 atom stereocenters. The van der Waals surface area contributed by atoms with Gasteiger partial charge in [0.25, 0.3) is 10.0 Å². The van der Waals surface area contributed by atoms with Gasteiger partial charge in [0.2, 0.25) is 0 Å². The van der Waals surface area contributed by atoms with Crippen molar-refractivity contribution in [2.75, 3.05) is 4.72 Å². The number of hydrogen-bond donors (Lipinski definition) is 1. The van der Waals surface area contributed by atoms with E-state index in [-0.39, 0.29) is 21.5 Å². The summed E-state index contributed by atoms with van der Waals surface area (Å²) in [5.41, 5.74) is 0.555. The third-order valence-electron chi connectivity index (χ3n) is 2.73. The van der Waals surface area contributed by atoms with Crippen LogP contribution in [-0.4, -0.2) is 18.2 Å². The third kappa shape index (κ3) is 3.35. The molecule has 0 aliphatic carbocycles. The van der Waals surface area contributed by atoms with E-state index in [2.05, 4.69) is 9.82 Å².